The summed E-state index contributed by atoms with van der Waals surface area (Å²) in [5, 5.41) is 15.3. The summed E-state index contributed by atoms with van der Waals surface area (Å²) < 4.78 is 5.44. The number of morpholine rings is 1. The SMILES string of the molecule is CC(C)CN(CC(C)C)c1ccc(-c2ccccc2C2=NN=NC2)cc1NC(=O)CN1CCOCC1. The molecular weight excluding hydrogens is 452 g/mol. The highest BCUT2D eigenvalue weighted by Gasteiger charge is 2.20. The predicted molar refractivity (Wildman–Crippen MR) is 146 cm³/mol. The molecule has 0 atom stereocenters. The first-order chi connectivity index (χ1) is 17.4. The van der Waals surface area contributed by atoms with Crippen molar-refractivity contribution in [3.63, 3.8) is 0 Å². The maximum atomic E-state index is 13.2. The average Bonchev–Trinajstić information content (AvgIpc) is 3.38. The van der Waals surface area contributed by atoms with Crippen LogP contribution in [0.15, 0.2) is 57.9 Å². The van der Waals surface area contributed by atoms with Gasteiger partial charge in [0.15, 0.2) is 0 Å². The van der Waals surface area contributed by atoms with Gasteiger partial charge < -0.3 is 15.0 Å². The first-order valence-corrected chi connectivity index (χ1v) is 12.9. The summed E-state index contributed by atoms with van der Waals surface area (Å²) in [4.78, 5) is 17.7. The number of anilines is 2. The maximum Gasteiger partial charge on any atom is 0.238 e. The normalized spacial score (nSPS) is 16.0. The lowest BCUT2D eigenvalue weighted by Gasteiger charge is -2.31. The molecule has 8 heteroatoms. The van der Waals surface area contributed by atoms with Crippen molar-refractivity contribution in [2.24, 2.45) is 27.3 Å². The fraction of sp³-hybridized carbons (Fsp3) is 0.500. The number of nitrogens with zero attached hydrogens (tertiary/aromatic N) is 5. The third-order valence-corrected chi connectivity index (χ3v) is 6.25. The Kier molecular flexibility index (Phi) is 8.83. The molecule has 0 aliphatic carbocycles. The minimum Gasteiger partial charge on any atom is -0.379 e. The van der Waals surface area contributed by atoms with E-state index in [1.165, 1.54) is 0 Å². The molecule has 0 bridgehead atoms. The molecule has 4 rings (SSSR count). The zero-order valence-electron chi connectivity index (χ0n) is 21.9. The van der Waals surface area contributed by atoms with Gasteiger partial charge in [-0.1, -0.05) is 58.0 Å². The van der Waals surface area contributed by atoms with Crippen molar-refractivity contribution >= 4 is 23.0 Å². The third kappa shape index (κ3) is 6.77. The van der Waals surface area contributed by atoms with Crippen LogP contribution in [0.25, 0.3) is 11.1 Å². The molecule has 2 aliphatic heterocycles. The number of amides is 1. The Hall–Kier alpha value is -3.10. The highest BCUT2D eigenvalue weighted by Crippen LogP contribution is 2.34. The molecule has 2 aromatic carbocycles. The molecule has 1 amide bonds. The van der Waals surface area contributed by atoms with Gasteiger partial charge in [0.2, 0.25) is 5.91 Å². The van der Waals surface area contributed by atoms with Gasteiger partial charge in [-0.3, -0.25) is 9.69 Å². The van der Waals surface area contributed by atoms with Gasteiger partial charge in [-0.25, -0.2) is 0 Å². The molecule has 0 spiro atoms. The summed E-state index contributed by atoms with van der Waals surface area (Å²) in [6.07, 6.45) is 0. The van der Waals surface area contributed by atoms with Crippen LogP contribution in [0.2, 0.25) is 0 Å². The van der Waals surface area contributed by atoms with Crippen molar-refractivity contribution in [1.82, 2.24) is 4.90 Å². The van der Waals surface area contributed by atoms with Gasteiger partial charge in [0, 0.05) is 31.7 Å². The lowest BCUT2D eigenvalue weighted by Crippen LogP contribution is -2.41. The molecule has 1 saturated heterocycles. The van der Waals surface area contributed by atoms with E-state index in [4.69, 9.17) is 4.74 Å². The van der Waals surface area contributed by atoms with Gasteiger partial charge in [0.1, 0.15) is 6.54 Å². The topological polar surface area (TPSA) is 81.9 Å². The minimum absolute atomic E-state index is 0.00426. The fourth-order valence-electron chi connectivity index (χ4n) is 4.73. The lowest BCUT2D eigenvalue weighted by molar-refractivity contribution is -0.118. The summed E-state index contributed by atoms with van der Waals surface area (Å²) in [5.41, 5.74) is 5.84. The van der Waals surface area contributed by atoms with Gasteiger partial charge in [0.25, 0.3) is 0 Å². The Morgan fingerprint density at radius 2 is 1.72 bits per heavy atom. The van der Waals surface area contributed by atoms with Crippen molar-refractivity contribution in [2.45, 2.75) is 27.7 Å². The van der Waals surface area contributed by atoms with E-state index in [-0.39, 0.29) is 5.91 Å². The quantitative estimate of drug-likeness (QED) is 0.513. The van der Waals surface area contributed by atoms with E-state index in [1.54, 1.807) is 0 Å². The number of carbonyl (C=O) groups excluding carboxylic acids is 1. The van der Waals surface area contributed by atoms with Crippen LogP contribution in [0.1, 0.15) is 33.3 Å². The summed E-state index contributed by atoms with van der Waals surface area (Å²) in [6.45, 7) is 14.5. The highest BCUT2D eigenvalue weighted by molar-refractivity contribution is 6.08. The fourth-order valence-corrected chi connectivity index (χ4v) is 4.73. The molecule has 1 N–H and O–H groups in total. The smallest absolute Gasteiger partial charge is 0.238 e. The lowest BCUT2D eigenvalue weighted by atomic mass is 9.95. The van der Waals surface area contributed by atoms with Crippen LogP contribution in [-0.4, -0.2) is 69.0 Å². The molecule has 2 aliphatic rings. The average molecular weight is 491 g/mol. The number of benzene rings is 2. The molecule has 8 nitrogen and oxygen atoms in total. The highest BCUT2D eigenvalue weighted by atomic mass is 16.5. The molecule has 192 valence electrons. The molecule has 0 radical (unpaired) electrons. The maximum absolute atomic E-state index is 13.2. The number of hydrogen-bond acceptors (Lipinski definition) is 7. The number of ether oxygens (including phenoxy) is 1. The summed E-state index contributed by atoms with van der Waals surface area (Å²) in [5.74, 6) is 0.985. The third-order valence-electron chi connectivity index (χ3n) is 6.25. The van der Waals surface area contributed by atoms with Crippen LogP contribution < -0.4 is 10.2 Å². The predicted octanol–water partition coefficient (Wildman–Crippen LogP) is 4.91. The van der Waals surface area contributed by atoms with Gasteiger partial charge in [0.05, 0.1) is 36.8 Å². The van der Waals surface area contributed by atoms with Crippen LogP contribution in [-0.2, 0) is 9.53 Å². The molecule has 36 heavy (non-hydrogen) atoms. The summed E-state index contributed by atoms with van der Waals surface area (Å²) >= 11 is 0. The standard InChI is InChI=1S/C28H38N6O2/c1-20(2)17-34(18-21(3)4)27-10-9-22(23-7-5-6-8-24(23)26-16-29-32-31-26)15-25(27)30-28(35)19-33-11-13-36-14-12-33/h5-10,15,20-21H,11-14,16-19H2,1-4H3,(H,30,35). The van der Waals surface area contributed by atoms with Gasteiger partial charge in [-0.2, -0.15) is 5.11 Å². The Morgan fingerprint density at radius 3 is 2.36 bits per heavy atom. The van der Waals surface area contributed by atoms with Crippen molar-refractivity contribution in [3.05, 3.63) is 48.0 Å². The van der Waals surface area contributed by atoms with E-state index in [1.807, 2.05) is 12.1 Å². The molecule has 0 saturated carbocycles. The van der Waals surface area contributed by atoms with Gasteiger partial charge in [-0.05, 0) is 40.3 Å². The van der Waals surface area contributed by atoms with Crippen LogP contribution >= 0.6 is 0 Å². The molecule has 0 aromatic heterocycles. The Labute approximate surface area is 214 Å². The molecule has 0 unspecified atom stereocenters. The number of hydrogen-bond donors (Lipinski definition) is 1. The molecular formula is C28H38N6O2. The van der Waals surface area contributed by atoms with Crippen molar-refractivity contribution < 1.29 is 9.53 Å². The second kappa shape index (κ2) is 12.2. The zero-order valence-corrected chi connectivity index (χ0v) is 21.9. The van der Waals surface area contributed by atoms with Crippen molar-refractivity contribution in [2.75, 3.05) is 62.7 Å². The Morgan fingerprint density at radius 1 is 1.03 bits per heavy atom. The largest absolute Gasteiger partial charge is 0.379 e. The van der Waals surface area contributed by atoms with Crippen molar-refractivity contribution in [3.8, 4) is 11.1 Å². The molecule has 2 heterocycles. The van der Waals surface area contributed by atoms with Gasteiger partial charge >= 0.3 is 0 Å². The van der Waals surface area contributed by atoms with Crippen molar-refractivity contribution in [1.29, 1.82) is 0 Å². The molecule has 1 fully saturated rings. The first-order valence-electron chi connectivity index (χ1n) is 12.9. The van der Waals surface area contributed by atoms with Crippen LogP contribution in [0.5, 0.6) is 0 Å². The first kappa shape index (κ1) is 26.0. The molecule has 2 aromatic rings. The second-order valence-corrected chi connectivity index (χ2v) is 10.3. The Balaban J connectivity index is 1.69. The van der Waals surface area contributed by atoms with E-state index in [2.05, 4.69) is 88.6 Å². The monoisotopic (exact) mass is 490 g/mol. The van der Waals surface area contributed by atoms with Crippen LogP contribution in [0.3, 0.4) is 0 Å². The van der Waals surface area contributed by atoms with Crippen LogP contribution in [0.4, 0.5) is 11.4 Å². The van der Waals surface area contributed by atoms with E-state index in [0.29, 0.717) is 38.1 Å². The van der Waals surface area contributed by atoms with E-state index in [0.717, 1.165) is 60.0 Å². The summed E-state index contributed by atoms with van der Waals surface area (Å²) in [7, 11) is 0. The van der Waals surface area contributed by atoms with Crippen LogP contribution in [0, 0.1) is 11.8 Å². The van der Waals surface area contributed by atoms with E-state index < -0.39 is 0 Å². The minimum atomic E-state index is -0.00426. The Bertz CT molecular complexity index is 1090. The van der Waals surface area contributed by atoms with E-state index >= 15 is 0 Å². The van der Waals surface area contributed by atoms with Gasteiger partial charge in [-0.15, -0.1) is 5.10 Å². The number of nitrogens with one attached hydrogen (secondary N) is 1. The summed E-state index contributed by atoms with van der Waals surface area (Å²) in [6, 6.07) is 14.6. The number of rotatable bonds is 10. The zero-order chi connectivity index (χ0) is 25.5. The van der Waals surface area contributed by atoms with E-state index in [9.17, 15) is 4.79 Å². The number of carbonyl (C=O) groups is 1. The second-order valence-electron chi connectivity index (χ2n) is 10.3.